The first kappa shape index (κ1) is 12.6. The molecular formula is C12H15Cl2NS. The van der Waals surface area contributed by atoms with E-state index >= 15 is 0 Å². The largest absolute Gasteiger partial charge is 0.310 e. The van der Waals surface area contributed by atoms with Crippen molar-refractivity contribution in [2.24, 2.45) is 0 Å². The number of rotatable bonds is 2. The van der Waals surface area contributed by atoms with Crippen LogP contribution < -0.4 is 5.32 Å². The highest BCUT2D eigenvalue weighted by Crippen LogP contribution is 2.46. The molecule has 1 heterocycles. The number of thioether (sulfide) groups is 1. The van der Waals surface area contributed by atoms with Crippen LogP contribution in [0.25, 0.3) is 0 Å². The lowest BCUT2D eigenvalue weighted by atomic mass is 10.0. The average Bonchev–Trinajstić information content (AvgIpc) is 2.23. The maximum Gasteiger partial charge on any atom is 0.0546 e. The molecule has 0 fully saturated rings. The van der Waals surface area contributed by atoms with E-state index in [4.69, 9.17) is 23.2 Å². The molecule has 1 aliphatic heterocycles. The third-order valence-electron chi connectivity index (χ3n) is 2.78. The summed E-state index contributed by atoms with van der Waals surface area (Å²) >= 11 is 14.3. The third-order valence-corrected chi connectivity index (χ3v) is 4.81. The number of hydrogen-bond acceptors (Lipinski definition) is 2. The zero-order chi connectivity index (χ0) is 11.7. The zero-order valence-electron chi connectivity index (χ0n) is 9.39. The first-order valence-corrected chi connectivity index (χ1v) is 7.15. The van der Waals surface area contributed by atoms with Gasteiger partial charge >= 0.3 is 0 Å². The Labute approximate surface area is 111 Å². The Kier molecular flexibility index (Phi) is 4.06. The van der Waals surface area contributed by atoms with Gasteiger partial charge < -0.3 is 5.32 Å². The molecule has 0 spiro atoms. The zero-order valence-corrected chi connectivity index (χ0v) is 11.7. The first-order valence-electron chi connectivity index (χ1n) is 5.51. The fourth-order valence-corrected chi connectivity index (χ4v) is 4.02. The summed E-state index contributed by atoms with van der Waals surface area (Å²) in [6.45, 7) is 5.30. The summed E-state index contributed by atoms with van der Waals surface area (Å²) in [4.78, 5) is 1.15. The highest BCUT2D eigenvalue weighted by molar-refractivity contribution is 8.00. The number of benzene rings is 1. The van der Waals surface area contributed by atoms with Crippen LogP contribution >= 0.6 is 35.0 Å². The highest BCUT2D eigenvalue weighted by Gasteiger charge is 2.28. The van der Waals surface area contributed by atoms with Crippen molar-refractivity contribution in [3.8, 4) is 0 Å². The molecule has 1 aliphatic rings. The van der Waals surface area contributed by atoms with Gasteiger partial charge in [-0.1, -0.05) is 37.0 Å². The number of halogens is 2. The number of hydrogen-bond donors (Lipinski definition) is 1. The third kappa shape index (κ3) is 2.35. The Morgan fingerprint density at radius 3 is 2.75 bits per heavy atom. The van der Waals surface area contributed by atoms with Crippen molar-refractivity contribution < 1.29 is 0 Å². The lowest BCUT2D eigenvalue weighted by Crippen LogP contribution is -2.27. The van der Waals surface area contributed by atoms with Crippen molar-refractivity contribution in [2.45, 2.75) is 36.5 Å². The van der Waals surface area contributed by atoms with Gasteiger partial charge in [0.25, 0.3) is 0 Å². The molecular weight excluding hydrogens is 261 g/mol. The lowest BCUT2D eigenvalue weighted by molar-refractivity contribution is 0.500. The lowest BCUT2D eigenvalue weighted by Gasteiger charge is -2.31. The molecule has 2 atom stereocenters. The summed E-state index contributed by atoms with van der Waals surface area (Å²) in [6, 6.07) is 4.11. The summed E-state index contributed by atoms with van der Waals surface area (Å²) in [5.41, 5.74) is 1.18. The van der Waals surface area contributed by atoms with Gasteiger partial charge in [-0.3, -0.25) is 0 Å². The standard InChI is InChI=1S/C12H15Cl2NS/c1-3-15-10-6-7(2)16-12-9(14)5-4-8(13)11(10)12/h4-5,7,10,15H,3,6H2,1-2H3. The molecule has 0 saturated carbocycles. The highest BCUT2D eigenvalue weighted by atomic mass is 35.5. The first-order chi connectivity index (χ1) is 7.63. The fourth-order valence-electron chi connectivity index (χ4n) is 2.12. The van der Waals surface area contributed by atoms with Gasteiger partial charge in [0.05, 0.1) is 5.02 Å². The number of fused-ring (bicyclic) bond motifs is 1. The summed E-state index contributed by atoms with van der Waals surface area (Å²) < 4.78 is 0. The fraction of sp³-hybridized carbons (Fsp3) is 0.500. The van der Waals surface area contributed by atoms with E-state index < -0.39 is 0 Å². The van der Waals surface area contributed by atoms with Crippen LogP contribution in [-0.2, 0) is 0 Å². The Bertz CT molecular complexity index is 395. The minimum absolute atomic E-state index is 0.336. The molecule has 1 aromatic carbocycles. The van der Waals surface area contributed by atoms with Gasteiger partial charge in [-0.15, -0.1) is 11.8 Å². The Morgan fingerprint density at radius 1 is 1.38 bits per heavy atom. The molecule has 4 heteroatoms. The minimum Gasteiger partial charge on any atom is -0.310 e. The van der Waals surface area contributed by atoms with E-state index in [9.17, 15) is 0 Å². The molecule has 0 amide bonds. The molecule has 0 saturated heterocycles. The smallest absolute Gasteiger partial charge is 0.0546 e. The topological polar surface area (TPSA) is 12.0 Å². The second-order valence-electron chi connectivity index (χ2n) is 4.05. The molecule has 16 heavy (non-hydrogen) atoms. The molecule has 1 aromatic rings. The van der Waals surface area contributed by atoms with Crippen molar-refractivity contribution >= 4 is 35.0 Å². The summed E-state index contributed by atoms with van der Waals surface area (Å²) in [6.07, 6.45) is 1.10. The predicted molar refractivity (Wildman–Crippen MR) is 72.8 cm³/mol. The molecule has 88 valence electrons. The summed E-state index contributed by atoms with van der Waals surface area (Å²) in [7, 11) is 0. The average molecular weight is 276 g/mol. The number of nitrogens with one attached hydrogen (secondary N) is 1. The van der Waals surface area contributed by atoms with Gasteiger partial charge in [0.15, 0.2) is 0 Å². The van der Waals surface area contributed by atoms with Crippen LogP contribution in [0.3, 0.4) is 0 Å². The van der Waals surface area contributed by atoms with Gasteiger partial charge in [-0.2, -0.15) is 0 Å². The van der Waals surface area contributed by atoms with Gasteiger partial charge in [0, 0.05) is 26.8 Å². The maximum atomic E-state index is 6.28. The predicted octanol–water partition coefficient (Wildman–Crippen LogP) is 4.53. The molecule has 1 nitrogen and oxygen atoms in total. The van der Waals surface area contributed by atoms with Crippen molar-refractivity contribution in [1.82, 2.24) is 5.32 Å². The van der Waals surface area contributed by atoms with Crippen LogP contribution in [0.2, 0.25) is 10.0 Å². The molecule has 0 bridgehead atoms. The van der Waals surface area contributed by atoms with E-state index in [2.05, 4.69) is 19.2 Å². The van der Waals surface area contributed by atoms with Crippen molar-refractivity contribution in [1.29, 1.82) is 0 Å². The Balaban J connectivity index is 2.47. The van der Waals surface area contributed by atoms with Gasteiger partial charge in [-0.25, -0.2) is 0 Å². The second kappa shape index (κ2) is 5.18. The summed E-state index contributed by atoms with van der Waals surface area (Å²) in [5.74, 6) is 0. The maximum absolute atomic E-state index is 6.28. The van der Waals surface area contributed by atoms with E-state index in [0.717, 1.165) is 27.9 Å². The van der Waals surface area contributed by atoms with E-state index in [-0.39, 0.29) is 0 Å². The molecule has 0 aliphatic carbocycles. The SMILES string of the molecule is CCNC1CC(C)Sc2c(Cl)ccc(Cl)c21. The quantitative estimate of drug-likeness (QED) is 0.851. The van der Waals surface area contributed by atoms with Crippen LogP contribution in [0.15, 0.2) is 17.0 Å². The van der Waals surface area contributed by atoms with E-state index in [0.29, 0.717) is 11.3 Å². The van der Waals surface area contributed by atoms with Gasteiger partial charge in [0.2, 0.25) is 0 Å². The summed E-state index contributed by atoms with van der Waals surface area (Å²) in [5, 5.41) is 5.70. The van der Waals surface area contributed by atoms with E-state index in [1.54, 1.807) is 0 Å². The van der Waals surface area contributed by atoms with E-state index in [1.165, 1.54) is 5.56 Å². The molecule has 0 aromatic heterocycles. The molecule has 1 N–H and O–H groups in total. The van der Waals surface area contributed by atoms with Crippen molar-refractivity contribution in [2.75, 3.05) is 6.54 Å². The van der Waals surface area contributed by atoms with Gasteiger partial charge in [-0.05, 0) is 25.1 Å². The second-order valence-corrected chi connectivity index (χ2v) is 6.31. The van der Waals surface area contributed by atoms with Crippen LogP contribution in [0.1, 0.15) is 31.9 Å². The van der Waals surface area contributed by atoms with Crippen molar-refractivity contribution in [3.05, 3.63) is 27.7 Å². The van der Waals surface area contributed by atoms with Crippen LogP contribution in [-0.4, -0.2) is 11.8 Å². The van der Waals surface area contributed by atoms with Crippen LogP contribution in [0.5, 0.6) is 0 Å². The molecule has 0 radical (unpaired) electrons. The molecule has 2 rings (SSSR count). The monoisotopic (exact) mass is 275 g/mol. The van der Waals surface area contributed by atoms with Crippen LogP contribution in [0, 0.1) is 0 Å². The van der Waals surface area contributed by atoms with Crippen LogP contribution in [0.4, 0.5) is 0 Å². The molecule has 2 unspecified atom stereocenters. The van der Waals surface area contributed by atoms with E-state index in [1.807, 2.05) is 23.9 Å². The Morgan fingerprint density at radius 2 is 2.06 bits per heavy atom. The van der Waals surface area contributed by atoms with Gasteiger partial charge in [0.1, 0.15) is 0 Å². The normalized spacial score (nSPS) is 24.2. The van der Waals surface area contributed by atoms with Crippen molar-refractivity contribution in [3.63, 3.8) is 0 Å². The Hall–Kier alpha value is 0.110. The minimum atomic E-state index is 0.336.